The summed E-state index contributed by atoms with van der Waals surface area (Å²) in [6, 6.07) is 7.99. The molecular formula is C18H19FN4O2S. The molecule has 3 heterocycles. The molecule has 0 N–H and O–H groups in total. The van der Waals surface area contributed by atoms with Crippen molar-refractivity contribution in [2.75, 3.05) is 36.8 Å². The van der Waals surface area contributed by atoms with Crippen molar-refractivity contribution in [1.82, 2.24) is 14.5 Å². The van der Waals surface area contributed by atoms with Gasteiger partial charge in [0.1, 0.15) is 5.82 Å². The molecular weight excluding hydrogens is 355 g/mol. The fourth-order valence-corrected chi connectivity index (χ4v) is 4.60. The lowest BCUT2D eigenvalue weighted by Gasteiger charge is -2.36. The lowest BCUT2D eigenvalue weighted by Crippen LogP contribution is -2.49. The molecule has 26 heavy (non-hydrogen) atoms. The third kappa shape index (κ3) is 3.21. The van der Waals surface area contributed by atoms with Gasteiger partial charge < -0.3 is 9.80 Å². The number of halogens is 1. The number of nitrogens with zero attached hydrogens (tertiary/aromatic N) is 4. The van der Waals surface area contributed by atoms with Crippen LogP contribution in [-0.4, -0.2) is 52.3 Å². The second-order valence-corrected chi connectivity index (χ2v) is 7.41. The predicted molar refractivity (Wildman–Crippen MR) is 98.1 cm³/mol. The van der Waals surface area contributed by atoms with Gasteiger partial charge in [0.2, 0.25) is 5.91 Å². The summed E-state index contributed by atoms with van der Waals surface area (Å²) >= 11 is 1.51. The van der Waals surface area contributed by atoms with E-state index in [2.05, 4.69) is 4.98 Å². The summed E-state index contributed by atoms with van der Waals surface area (Å²) in [7, 11) is 0. The number of aromatic nitrogens is 2. The number of carbonyl (C=O) groups is 1. The summed E-state index contributed by atoms with van der Waals surface area (Å²) in [5.41, 5.74) is 0.473. The average molecular weight is 374 g/mol. The van der Waals surface area contributed by atoms with E-state index in [0.29, 0.717) is 49.2 Å². The zero-order chi connectivity index (χ0) is 18.1. The predicted octanol–water partition coefficient (Wildman–Crippen LogP) is 1.77. The van der Waals surface area contributed by atoms with Gasteiger partial charge in [-0.15, -0.1) is 0 Å². The second kappa shape index (κ2) is 7.11. The summed E-state index contributed by atoms with van der Waals surface area (Å²) in [5.74, 6) is 0.485. The Labute approximate surface area is 154 Å². The molecule has 0 spiro atoms. The molecule has 0 unspecified atom stereocenters. The Morgan fingerprint density at radius 3 is 2.73 bits per heavy atom. The first-order valence-corrected chi connectivity index (χ1v) is 9.59. The van der Waals surface area contributed by atoms with Crippen LogP contribution in [0, 0.1) is 5.82 Å². The molecule has 6 nitrogen and oxygen atoms in total. The summed E-state index contributed by atoms with van der Waals surface area (Å²) in [5, 5.41) is 0.680. The first kappa shape index (κ1) is 17.1. The molecule has 1 aromatic heterocycles. The fraction of sp³-hybridized carbons (Fsp3) is 0.389. The van der Waals surface area contributed by atoms with Crippen LogP contribution in [-0.2, 0) is 4.79 Å². The first-order chi connectivity index (χ1) is 12.6. The zero-order valence-electron chi connectivity index (χ0n) is 14.2. The van der Waals surface area contributed by atoms with Gasteiger partial charge in [-0.05, 0) is 12.1 Å². The number of thioether (sulfide) groups is 1. The van der Waals surface area contributed by atoms with Crippen LogP contribution in [0.25, 0.3) is 0 Å². The number of hydrogen-bond acceptors (Lipinski definition) is 5. The molecule has 2 aliphatic rings. The monoisotopic (exact) mass is 374 g/mol. The van der Waals surface area contributed by atoms with Crippen LogP contribution in [0.2, 0.25) is 0 Å². The Morgan fingerprint density at radius 1 is 1.19 bits per heavy atom. The number of benzene rings is 1. The topological polar surface area (TPSA) is 58.4 Å². The molecule has 0 saturated carbocycles. The standard InChI is InChI=1S/C18H19FN4O2S/c19-14-3-1-2-4-15(14)21-7-9-22(10-8-21)17(25)11-13-12-26-18-20-6-5-16(24)23(13)18/h1-6,13H,7-12H2/t13-/m0/s1. The van der Waals surface area contributed by atoms with Crippen molar-refractivity contribution >= 4 is 23.4 Å². The van der Waals surface area contributed by atoms with Gasteiger partial charge in [-0.25, -0.2) is 9.37 Å². The number of hydrogen-bond donors (Lipinski definition) is 0. The van der Waals surface area contributed by atoms with Crippen molar-refractivity contribution in [3.63, 3.8) is 0 Å². The van der Waals surface area contributed by atoms with Crippen LogP contribution in [0.5, 0.6) is 0 Å². The van der Waals surface area contributed by atoms with Gasteiger partial charge in [0.15, 0.2) is 5.16 Å². The van der Waals surface area contributed by atoms with Crippen molar-refractivity contribution < 1.29 is 9.18 Å². The van der Waals surface area contributed by atoms with Crippen molar-refractivity contribution in [3.05, 3.63) is 52.7 Å². The van der Waals surface area contributed by atoms with Crippen LogP contribution in [0.3, 0.4) is 0 Å². The summed E-state index contributed by atoms with van der Waals surface area (Å²) in [6.07, 6.45) is 1.80. The number of piperazine rings is 1. The van der Waals surface area contributed by atoms with Gasteiger partial charge in [0, 0.05) is 50.6 Å². The van der Waals surface area contributed by atoms with Gasteiger partial charge in [-0.1, -0.05) is 23.9 Å². The second-order valence-electron chi connectivity index (χ2n) is 6.42. The molecule has 8 heteroatoms. The minimum Gasteiger partial charge on any atom is -0.366 e. The molecule has 1 amide bonds. The largest absolute Gasteiger partial charge is 0.366 e. The van der Waals surface area contributed by atoms with Crippen LogP contribution < -0.4 is 10.5 Å². The summed E-state index contributed by atoms with van der Waals surface area (Å²) in [6.45, 7) is 2.32. The molecule has 1 atom stereocenters. The first-order valence-electron chi connectivity index (χ1n) is 8.61. The maximum Gasteiger partial charge on any atom is 0.254 e. The lowest BCUT2D eigenvalue weighted by atomic mass is 10.2. The third-order valence-electron chi connectivity index (χ3n) is 4.85. The highest BCUT2D eigenvalue weighted by Gasteiger charge is 2.30. The molecule has 0 aliphatic carbocycles. The van der Waals surface area contributed by atoms with Gasteiger partial charge in [0.05, 0.1) is 11.7 Å². The number of anilines is 1. The van der Waals surface area contributed by atoms with Crippen molar-refractivity contribution in [2.24, 2.45) is 0 Å². The van der Waals surface area contributed by atoms with Crippen molar-refractivity contribution in [3.8, 4) is 0 Å². The molecule has 1 fully saturated rings. The van der Waals surface area contributed by atoms with E-state index in [1.165, 1.54) is 30.1 Å². The van der Waals surface area contributed by atoms with Gasteiger partial charge in [-0.2, -0.15) is 0 Å². The molecule has 2 aliphatic heterocycles. The molecule has 4 rings (SSSR count). The molecule has 1 saturated heterocycles. The minimum absolute atomic E-state index is 0.0346. The molecule has 0 bridgehead atoms. The Morgan fingerprint density at radius 2 is 1.96 bits per heavy atom. The quantitative estimate of drug-likeness (QED) is 0.767. The normalized spacial score (nSPS) is 19.5. The number of carbonyl (C=O) groups excluding carboxylic acids is 1. The number of fused-ring (bicyclic) bond motifs is 1. The van der Waals surface area contributed by atoms with Gasteiger partial charge in [0.25, 0.3) is 5.56 Å². The maximum absolute atomic E-state index is 13.9. The van der Waals surface area contributed by atoms with E-state index in [-0.39, 0.29) is 23.3 Å². The van der Waals surface area contributed by atoms with Crippen LogP contribution >= 0.6 is 11.8 Å². The van der Waals surface area contributed by atoms with Gasteiger partial charge in [-0.3, -0.25) is 14.2 Å². The SMILES string of the molecule is O=C(C[C@H]1CSc2nccc(=O)n21)N1CCN(c2ccccc2F)CC1. The van der Waals surface area contributed by atoms with E-state index in [0.717, 1.165) is 0 Å². The zero-order valence-corrected chi connectivity index (χ0v) is 15.0. The number of amides is 1. The van der Waals surface area contributed by atoms with Crippen LogP contribution in [0.15, 0.2) is 46.5 Å². The van der Waals surface area contributed by atoms with Crippen molar-refractivity contribution in [1.29, 1.82) is 0 Å². The highest BCUT2D eigenvalue weighted by Crippen LogP contribution is 2.32. The Kier molecular flexibility index (Phi) is 4.67. The molecule has 1 aromatic carbocycles. The molecule has 0 radical (unpaired) electrons. The van der Waals surface area contributed by atoms with Crippen LogP contribution in [0.1, 0.15) is 12.5 Å². The Hall–Kier alpha value is -2.35. The van der Waals surface area contributed by atoms with E-state index >= 15 is 0 Å². The summed E-state index contributed by atoms with van der Waals surface area (Å²) < 4.78 is 15.5. The third-order valence-corrected chi connectivity index (χ3v) is 5.96. The highest BCUT2D eigenvalue weighted by atomic mass is 32.2. The summed E-state index contributed by atoms with van der Waals surface area (Å²) in [4.78, 5) is 32.7. The molecule has 2 aromatic rings. The maximum atomic E-state index is 13.9. The van der Waals surface area contributed by atoms with E-state index in [1.807, 2.05) is 11.0 Å². The van der Waals surface area contributed by atoms with Crippen molar-refractivity contribution in [2.45, 2.75) is 17.6 Å². The lowest BCUT2D eigenvalue weighted by molar-refractivity contribution is -0.132. The van der Waals surface area contributed by atoms with E-state index in [4.69, 9.17) is 0 Å². The molecule has 136 valence electrons. The Balaban J connectivity index is 1.38. The van der Waals surface area contributed by atoms with E-state index < -0.39 is 0 Å². The Bertz CT molecular complexity index is 879. The smallest absolute Gasteiger partial charge is 0.254 e. The van der Waals surface area contributed by atoms with Crippen LogP contribution in [0.4, 0.5) is 10.1 Å². The highest BCUT2D eigenvalue weighted by molar-refractivity contribution is 7.99. The van der Waals surface area contributed by atoms with E-state index in [9.17, 15) is 14.0 Å². The number of rotatable bonds is 3. The van der Waals surface area contributed by atoms with Gasteiger partial charge >= 0.3 is 0 Å². The average Bonchev–Trinajstić information content (AvgIpc) is 3.06. The fourth-order valence-electron chi connectivity index (χ4n) is 3.48. The van der Waals surface area contributed by atoms with E-state index in [1.54, 1.807) is 21.6 Å². The minimum atomic E-state index is -0.237. The number of para-hydroxylation sites is 1.